The van der Waals surface area contributed by atoms with Gasteiger partial charge in [0.15, 0.2) is 8.32 Å². The van der Waals surface area contributed by atoms with Gasteiger partial charge in [-0.25, -0.2) is 0 Å². The molecule has 0 bridgehead atoms. The van der Waals surface area contributed by atoms with Crippen molar-refractivity contribution in [3.05, 3.63) is 35.9 Å². The van der Waals surface area contributed by atoms with Gasteiger partial charge in [-0.2, -0.15) is 0 Å². The van der Waals surface area contributed by atoms with Gasteiger partial charge in [0.1, 0.15) is 0 Å². The van der Waals surface area contributed by atoms with E-state index in [0.717, 1.165) is 25.9 Å². The predicted molar refractivity (Wildman–Crippen MR) is 105 cm³/mol. The Balaban J connectivity index is 2.31. The molecule has 0 aromatic heterocycles. The van der Waals surface area contributed by atoms with E-state index in [0.29, 0.717) is 6.54 Å². The van der Waals surface area contributed by atoms with Gasteiger partial charge in [-0.3, -0.25) is 4.79 Å². The zero-order valence-corrected chi connectivity index (χ0v) is 16.9. The normalized spacial score (nSPS) is 12.8. The van der Waals surface area contributed by atoms with E-state index >= 15 is 0 Å². The molecule has 24 heavy (non-hydrogen) atoms. The lowest BCUT2D eigenvalue weighted by molar-refractivity contribution is -0.125. The van der Waals surface area contributed by atoms with Crippen molar-refractivity contribution in [2.24, 2.45) is 5.92 Å². The van der Waals surface area contributed by atoms with Crippen LogP contribution in [0.2, 0.25) is 18.1 Å². The second kappa shape index (κ2) is 11.4. The average Bonchev–Trinajstić information content (AvgIpc) is 2.64. The number of carbonyl (C=O) groups is 1. The van der Waals surface area contributed by atoms with Gasteiger partial charge in [0.25, 0.3) is 0 Å². The monoisotopic (exact) mass is 349 g/mol. The molecule has 1 unspecified atom stereocenters. The molecule has 0 aliphatic rings. The maximum Gasteiger partial charge on any atom is 0.223 e. The zero-order valence-electron chi connectivity index (χ0n) is 15.9. The van der Waals surface area contributed by atoms with Crippen molar-refractivity contribution < 1.29 is 9.22 Å². The molecule has 3 nitrogen and oxygen atoms in total. The maximum absolute atomic E-state index is 12.4. The molecule has 0 saturated carbocycles. The SMILES string of the molecule is CCC(Cc1ccccc1)C(=O)NCCCO[Si](CC)(CC)CC. The van der Waals surface area contributed by atoms with Crippen molar-refractivity contribution in [1.82, 2.24) is 5.32 Å². The highest BCUT2D eigenvalue weighted by Gasteiger charge is 2.28. The maximum atomic E-state index is 12.4. The van der Waals surface area contributed by atoms with Crippen molar-refractivity contribution in [3.63, 3.8) is 0 Å². The van der Waals surface area contributed by atoms with Crippen LogP contribution in [0.3, 0.4) is 0 Å². The fourth-order valence-corrected chi connectivity index (χ4v) is 5.78. The number of hydrogen-bond acceptors (Lipinski definition) is 2. The summed E-state index contributed by atoms with van der Waals surface area (Å²) < 4.78 is 6.23. The lowest BCUT2D eigenvalue weighted by Crippen LogP contribution is -2.37. The molecule has 1 N–H and O–H groups in total. The fraction of sp³-hybridized carbons (Fsp3) is 0.650. The summed E-state index contributed by atoms with van der Waals surface area (Å²) in [5.74, 6) is 0.232. The lowest BCUT2D eigenvalue weighted by Gasteiger charge is -2.28. The Hall–Kier alpha value is -1.13. The summed E-state index contributed by atoms with van der Waals surface area (Å²) in [6, 6.07) is 13.8. The van der Waals surface area contributed by atoms with Crippen molar-refractivity contribution in [3.8, 4) is 0 Å². The Bertz CT molecular complexity index is 452. The number of carbonyl (C=O) groups excluding carboxylic acids is 1. The minimum atomic E-state index is -1.49. The number of amides is 1. The first-order chi connectivity index (χ1) is 11.6. The molecule has 0 radical (unpaired) electrons. The van der Waals surface area contributed by atoms with Gasteiger partial charge in [-0.05, 0) is 43.0 Å². The molecule has 136 valence electrons. The largest absolute Gasteiger partial charge is 0.417 e. The smallest absolute Gasteiger partial charge is 0.223 e. The summed E-state index contributed by atoms with van der Waals surface area (Å²) in [5.41, 5.74) is 1.23. The highest BCUT2D eigenvalue weighted by molar-refractivity contribution is 6.73. The topological polar surface area (TPSA) is 38.3 Å². The Morgan fingerprint density at radius 3 is 2.25 bits per heavy atom. The van der Waals surface area contributed by atoms with E-state index in [-0.39, 0.29) is 11.8 Å². The first-order valence-electron chi connectivity index (χ1n) is 9.56. The molecule has 1 aromatic carbocycles. The summed E-state index contributed by atoms with van der Waals surface area (Å²) in [7, 11) is -1.49. The highest BCUT2D eigenvalue weighted by Crippen LogP contribution is 2.21. The van der Waals surface area contributed by atoms with Crippen LogP contribution in [0.5, 0.6) is 0 Å². The standard InChI is InChI=1S/C20H35NO2Si/c1-5-19(17-18-13-10-9-11-14-18)20(22)21-15-12-16-23-24(6-2,7-3)8-4/h9-11,13-14,19H,5-8,12,15-17H2,1-4H3,(H,21,22). The second-order valence-corrected chi connectivity index (χ2v) is 11.3. The second-order valence-electron chi connectivity index (χ2n) is 6.53. The first kappa shape index (κ1) is 20.9. The quantitative estimate of drug-likeness (QED) is 0.435. The van der Waals surface area contributed by atoms with Crippen LogP contribution >= 0.6 is 0 Å². The Morgan fingerprint density at radius 2 is 1.71 bits per heavy atom. The third-order valence-corrected chi connectivity index (χ3v) is 9.83. The minimum Gasteiger partial charge on any atom is -0.417 e. The molecule has 0 saturated heterocycles. The predicted octanol–water partition coefficient (Wildman–Crippen LogP) is 4.78. The van der Waals surface area contributed by atoms with Gasteiger partial charge in [0.05, 0.1) is 0 Å². The van der Waals surface area contributed by atoms with Crippen LogP contribution in [-0.2, 0) is 15.6 Å². The molecule has 0 fully saturated rings. The lowest BCUT2D eigenvalue weighted by atomic mass is 9.96. The molecule has 0 aliphatic heterocycles. The van der Waals surface area contributed by atoms with Gasteiger partial charge >= 0.3 is 0 Å². The molecule has 1 aromatic rings. The Labute approximate surface area is 149 Å². The number of benzene rings is 1. The Morgan fingerprint density at radius 1 is 1.08 bits per heavy atom. The van der Waals surface area contributed by atoms with E-state index < -0.39 is 8.32 Å². The summed E-state index contributed by atoms with van der Waals surface area (Å²) in [6.07, 6.45) is 2.59. The van der Waals surface area contributed by atoms with Crippen LogP contribution in [0, 0.1) is 5.92 Å². The van der Waals surface area contributed by atoms with Crippen molar-refractivity contribution in [2.45, 2.75) is 65.1 Å². The van der Waals surface area contributed by atoms with Gasteiger partial charge in [0, 0.05) is 19.1 Å². The van der Waals surface area contributed by atoms with Crippen LogP contribution in [0.15, 0.2) is 30.3 Å². The van der Waals surface area contributed by atoms with Crippen LogP contribution in [0.25, 0.3) is 0 Å². The summed E-state index contributed by atoms with van der Waals surface area (Å²) in [4.78, 5) is 12.4. The third kappa shape index (κ3) is 6.77. The third-order valence-electron chi connectivity index (χ3n) is 5.15. The minimum absolute atomic E-state index is 0.0590. The van der Waals surface area contributed by atoms with Crippen LogP contribution in [-0.4, -0.2) is 27.4 Å². The molecule has 0 aliphatic carbocycles. The van der Waals surface area contributed by atoms with Gasteiger partial charge < -0.3 is 9.74 Å². The number of hydrogen-bond donors (Lipinski definition) is 1. The summed E-state index contributed by atoms with van der Waals surface area (Å²) >= 11 is 0. The average molecular weight is 350 g/mol. The first-order valence-corrected chi connectivity index (χ1v) is 12.1. The molecule has 0 heterocycles. The van der Waals surface area contributed by atoms with Crippen molar-refractivity contribution in [2.75, 3.05) is 13.2 Å². The molecular formula is C20H35NO2Si. The van der Waals surface area contributed by atoms with Crippen LogP contribution in [0.1, 0.15) is 46.1 Å². The van der Waals surface area contributed by atoms with E-state index in [2.05, 4.69) is 45.1 Å². The fourth-order valence-electron chi connectivity index (χ4n) is 3.09. The van der Waals surface area contributed by atoms with E-state index in [1.807, 2.05) is 18.2 Å². The summed E-state index contributed by atoms with van der Waals surface area (Å²) in [6.45, 7) is 10.3. The van der Waals surface area contributed by atoms with E-state index in [1.165, 1.54) is 23.7 Å². The van der Waals surface area contributed by atoms with E-state index in [4.69, 9.17) is 4.43 Å². The van der Waals surface area contributed by atoms with E-state index in [9.17, 15) is 4.79 Å². The Kier molecular flexibility index (Phi) is 9.96. The number of rotatable bonds is 12. The van der Waals surface area contributed by atoms with Crippen molar-refractivity contribution >= 4 is 14.2 Å². The number of nitrogens with one attached hydrogen (secondary N) is 1. The van der Waals surface area contributed by atoms with Gasteiger partial charge in [0.2, 0.25) is 5.91 Å². The van der Waals surface area contributed by atoms with Gasteiger partial charge in [-0.1, -0.05) is 58.0 Å². The molecule has 1 atom stereocenters. The molecule has 1 amide bonds. The van der Waals surface area contributed by atoms with Gasteiger partial charge in [-0.15, -0.1) is 0 Å². The molecule has 0 spiro atoms. The van der Waals surface area contributed by atoms with Crippen LogP contribution < -0.4 is 5.32 Å². The van der Waals surface area contributed by atoms with Crippen molar-refractivity contribution in [1.29, 1.82) is 0 Å². The molecule has 4 heteroatoms. The molecular weight excluding hydrogens is 314 g/mol. The van der Waals surface area contributed by atoms with E-state index in [1.54, 1.807) is 0 Å². The zero-order chi connectivity index (χ0) is 17.8. The molecule has 1 rings (SSSR count). The summed E-state index contributed by atoms with van der Waals surface area (Å²) in [5, 5.41) is 3.09. The van der Waals surface area contributed by atoms with Crippen LogP contribution in [0.4, 0.5) is 0 Å². The highest BCUT2D eigenvalue weighted by atomic mass is 28.4.